The highest BCUT2D eigenvalue weighted by Gasteiger charge is 2.32. The van der Waals surface area contributed by atoms with Crippen LogP contribution in [0.5, 0.6) is 0 Å². The van der Waals surface area contributed by atoms with Crippen LogP contribution in [0.15, 0.2) is 6.20 Å². The molecule has 1 aliphatic rings. The lowest BCUT2D eigenvalue weighted by Gasteiger charge is -2.26. The molecule has 106 valence electrons. The highest BCUT2D eigenvalue weighted by Crippen LogP contribution is 2.36. The van der Waals surface area contributed by atoms with Gasteiger partial charge in [0.25, 0.3) is 0 Å². The second kappa shape index (κ2) is 5.71. The predicted octanol–water partition coefficient (Wildman–Crippen LogP) is 0.761. The van der Waals surface area contributed by atoms with E-state index >= 15 is 0 Å². The van der Waals surface area contributed by atoms with Gasteiger partial charge >= 0.3 is 5.97 Å². The van der Waals surface area contributed by atoms with Crippen molar-refractivity contribution in [1.82, 2.24) is 15.1 Å². The molecule has 1 aromatic rings. The zero-order chi connectivity index (χ0) is 13.9. The van der Waals surface area contributed by atoms with Crippen LogP contribution < -0.4 is 5.32 Å². The van der Waals surface area contributed by atoms with Crippen LogP contribution in [-0.2, 0) is 13.6 Å². The Kier molecular flexibility index (Phi) is 4.21. The number of hydrogen-bond donors (Lipinski definition) is 3. The van der Waals surface area contributed by atoms with Gasteiger partial charge in [0.05, 0.1) is 11.9 Å². The number of aromatic nitrogens is 2. The van der Waals surface area contributed by atoms with E-state index in [2.05, 4.69) is 10.4 Å². The molecule has 6 nitrogen and oxygen atoms in total. The van der Waals surface area contributed by atoms with Crippen molar-refractivity contribution in [3.63, 3.8) is 0 Å². The summed E-state index contributed by atoms with van der Waals surface area (Å²) >= 11 is 0. The van der Waals surface area contributed by atoms with E-state index in [9.17, 15) is 9.90 Å². The van der Waals surface area contributed by atoms with Crippen molar-refractivity contribution in [3.8, 4) is 0 Å². The molecule has 0 aromatic carbocycles. The number of nitrogens with one attached hydrogen (secondary N) is 1. The minimum absolute atomic E-state index is 0.0258. The molecule has 0 aliphatic heterocycles. The minimum atomic E-state index is -0.956. The van der Waals surface area contributed by atoms with Gasteiger partial charge in [-0.1, -0.05) is 12.8 Å². The van der Waals surface area contributed by atoms with Crippen molar-refractivity contribution in [1.29, 1.82) is 0 Å². The molecule has 0 bridgehead atoms. The third-order valence-corrected chi connectivity index (χ3v) is 4.08. The topological polar surface area (TPSA) is 87.4 Å². The first-order valence-corrected chi connectivity index (χ1v) is 6.64. The summed E-state index contributed by atoms with van der Waals surface area (Å²) in [7, 11) is 1.74. The zero-order valence-corrected chi connectivity index (χ0v) is 11.2. The lowest BCUT2D eigenvalue weighted by atomic mass is 9.87. The number of carboxylic acids is 1. The van der Waals surface area contributed by atoms with Crippen LogP contribution >= 0.6 is 0 Å². The van der Waals surface area contributed by atoms with Gasteiger partial charge in [0, 0.05) is 32.2 Å². The van der Waals surface area contributed by atoms with Gasteiger partial charge in [-0.2, -0.15) is 5.10 Å². The van der Waals surface area contributed by atoms with Gasteiger partial charge in [-0.05, 0) is 12.8 Å². The van der Waals surface area contributed by atoms with Gasteiger partial charge in [0.15, 0.2) is 0 Å². The quantitative estimate of drug-likeness (QED) is 0.708. The summed E-state index contributed by atoms with van der Waals surface area (Å²) < 4.78 is 1.58. The fraction of sp³-hybridized carbons (Fsp3) is 0.692. The summed E-state index contributed by atoms with van der Waals surface area (Å²) in [5, 5.41) is 25.8. The molecule has 1 fully saturated rings. The van der Waals surface area contributed by atoms with Crippen molar-refractivity contribution in [3.05, 3.63) is 17.5 Å². The van der Waals surface area contributed by atoms with Crippen LogP contribution in [0.4, 0.5) is 0 Å². The Morgan fingerprint density at radius 2 is 2.21 bits per heavy atom. The molecule has 1 aliphatic carbocycles. The molecule has 3 N–H and O–H groups in total. The summed E-state index contributed by atoms with van der Waals surface area (Å²) in [6.07, 6.45) is 5.76. The van der Waals surface area contributed by atoms with Crippen molar-refractivity contribution in [2.45, 2.75) is 32.2 Å². The Balaban J connectivity index is 1.95. The maximum absolute atomic E-state index is 11.1. The average molecular weight is 267 g/mol. The Morgan fingerprint density at radius 3 is 2.79 bits per heavy atom. The average Bonchev–Trinajstić information content (AvgIpc) is 2.98. The summed E-state index contributed by atoms with van der Waals surface area (Å²) in [4.78, 5) is 11.1. The Hall–Kier alpha value is -1.40. The van der Waals surface area contributed by atoms with Crippen molar-refractivity contribution in [2.24, 2.45) is 12.5 Å². The minimum Gasteiger partial charge on any atom is -0.478 e. The molecule has 1 aromatic heterocycles. The van der Waals surface area contributed by atoms with Crippen molar-refractivity contribution >= 4 is 5.97 Å². The SMILES string of the molecule is Cn1ncc(C(=O)O)c1CNCC1(CO)CCCC1. The van der Waals surface area contributed by atoms with Crippen LogP contribution in [0.3, 0.4) is 0 Å². The number of aryl methyl sites for hydroxylation is 1. The first-order valence-electron chi connectivity index (χ1n) is 6.64. The standard InChI is InChI=1S/C13H21N3O3/c1-16-11(10(6-15-16)12(18)19)7-14-8-13(9-17)4-2-3-5-13/h6,14,17H,2-5,7-9H2,1H3,(H,18,19). The molecule has 19 heavy (non-hydrogen) atoms. The first-order chi connectivity index (χ1) is 9.08. The van der Waals surface area contributed by atoms with Crippen molar-refractivity contribution in [2.75, 3.05) is 13.2 Å². The van der Waals surface area contributed by atoms with Crippen LogP contribution in [-0.4, -0.2) is 39.1 Å². The molecule has 0 atom stereocenters. The number of hydrogen-bond acceptors (Lipinski definition) is 4. The van der Waals surface area contributed by atoms with Gasteiger partial charge in [0.1, 0.15) is 5.56 Å². The monoisotopic (exact) mass is 267 g/mol. The normalized spacial score (nSPS) is 17.8. The summed E-state index contributed by atoms with van der Waals surface area (Å²) in [5.41, 5.74) is 0.875. The third kappa shape index (κ3) is 2.96. The molecule has 0 amide bonds. The summed E-state index contributed by atoms with van der Waals surface area (Å²) in [5.74, 6) is -0.956. The lowest BCUT2D eigenvalue weighted by Crippen LogP contribution is -2.35. The van der Waals surface area contributed by atoms with E-state index in [0.717, 1.165) is 25.7 Å². The fourth-order valence-electron chi connectivity index (χ4n) is 2.81. The number of aromatic carboxylic acids is 1. The Morgan fingerprint density at radius 1 is 1.53 bits per heavy atom. The van der Waals surface area contributed by atoms with Gasteiger partial charge in [-0.3, -0.25) is 4.68 Å². The van der Waals surface area contributed by atoms with Gasteiger partial charge in [-0.15, -0.1) is 0 Å². The van der Waals surface area contributed by atoms with Gasteiger partial charge in [-0.25, -0.2) is 4.79 Å². The lowest BCUT2D eigenvalue weighted by molar-refractivity contribution is 0.0695. The molecule has 1 heterocycles. The molecule has 6 heteroatoms. The highest BCUT2D eigenvalue weighted by atomic mass is 16.4. The van der Waals surface area contributed by atoms with E-state index in [0.29, 0.717) is 18.8 Å². The number of nitrogens with zero attached hydrogens (tertiary/aromatic N) is 2. The molecule has 0 unspecified atom stereocenters. The fourth-order valence-corrected chi connectivity index (χ4v) is 2.81. The number of carboxylic acid groups (broad SMARTS) is 1. The maximum Gasteiger partial charge on any atom is 0.339 e. The third-order valence-electron chi connectivity index (χ3n) is 4.08. The molecule has 0 radical (unpaired) electrons. The second-order valence-electron chi connectivity index (χ2n) is 5.40. The predicted molar refractivity (Wildman–Crippen MR) is 69.9 cm³/mol. The van der Waals surface area contributed by atoms with Crippen LogP contribution in [0.25, 0.3) is 0 Å². The summed E-state index contributed by atoms with van der Waals surface area (Å²) in [6.45, 7) is 1.37. The molecular weight excluding hydrogens is 246 g/mol. The molecule has 1 saturated carbocycles. The number of aliphatic hydroxyl groups excluding tert-OH is 1. The molecule has 0 spiro atoms. The molecule has 2 rings (SSSR count). The van der Waals surface area contributed by atoms with Crippen LogP contribution in [0, 0.1) is 5.41 Å². The largest absolute Gasteiger partial charge is 0.478 e. The second-order valence-corrected chi connectivity index (χ2v) is 5.40. The Labute approximate surface area is 112 Å². The molecular formula is C13H21N3O3. The van der Waals surface area contributed by atoms with E-state index < -0.39 is 5.97 Å². The van der Waals surface area contributed by atoms with E-state index in [1.54, 1.807) is 11.7 Å². The summed E-state index contributed by atoms with van der Waals surface area (Å²) in [6, 6.07) is 0. The van der Waals surface area contributed by atoms with Gasteiger partial charge < -0.3 is 15.5 Å². The van der Waals surface area contributed by atoms with Crippen LogP contribution in [0.1, 0.15) is 41.7 Å². The number of carbonyl (C=O) groups is 1. The zero-order valence-electron chi connectivity index (χ0n) is 11.2. The van der Waals surface area contributed by atoms with E-state index in [-0.39, 0.29) is 17.6 Å². The van der Waals surface area contributed by atoms with E-state index in [1.807, 2.05) is 0 Å². The van der Waals surface area contributed by atoms with E-state index in [4.69, 9.17) is 5.11 Å². The van der Waals surface area contributed by atoms with Gasteiger partial charge in [0.2, 0.25) is 0 Å². The van der Waals surface area contributed by atoms with Crippen molar-refractivity contribution < 1.29 is 15.0 Å². The number of aliphatic hydroxyl groups is 1. The Bertz CT molecular complexity index is 450. The maximum atomic E-state index is 11.1. The van der Waals surface area contributed by atoms with E-state index in [1.165, 1.54) is 6.20 Å². The smallest absolute Gasteiger partial charge is 0.339 e. The molecule has 0 saturated heterocycles. The number of rotatable bonds is 6. The van der Waals surface area contributed by atoms with Crippen LogP contribution in [0.2, 0.25) is 0 Å². The first kappa shape index (κ1) is 14.0. The highest BCUT2D eigenvalue weighted by molar-refractivity contribution is 5.88.